The topological polar surface area (TPSA) is 84.0 Å². The maximum Gasteiger partial charge on any atom is 0.280 e. The molecular weight excluding hydrogens is 312 g/mol. The standard InChI is InChI=1S/C16H14N4O2S/c21-14(11-5-7-17-8-6-11)18-9-10-19-15(22)16-20-12-3-1-2-4-13(12)23-16/h1-8H,9-10H2,(H,18,21)(H,19,22). The summed E-state index contributed by atoms with van der Waals surface area (Å²) in [6.45, 7) is 0.684. The predicted molar refractivity (Wildman–Crippen MR) is 88.5 cm³/mol. The molecule has 116 valence electrons. The Bertz CT molecular complexity index is 799. The smallest absolute Gasteiger partial charge is 0.280 e. The van der Waals surface area contributed by atoms with E-state index in [9.17, 15) is 9.59 Å². The molecule has 2 N–H and O–H groups in total. The molecule has 0 aliphatic rings. The van der Waals surface area contributed by atoms with Crippen molar-refractivity contribution in [2.24, 2.45) is 0 Å². The van der Waals surface area contributed by atoms with Gasteiger partial charge in [-0.3, -0.25) is 14.6 Å². The summed E-state index contributed by atoms with van der Waals surface area (Å²) >= 11 is 1.35. The van der Waals surface area contributed by atoms with E-state index in [2.05, 4.69) is 20.6 Å². The van der Waals surface area contributed by atoms with Crippen molar-refractivity contribution in [2.75, 3.05) is 13.1 Å². The summed E-state index contributed by atoms with van der Waals surface area (Å²) in [5.41, 5.74) is 1.35. The third kappa shape index (κ3) is 3.70. The van der Waals surface area contributed by atoms with Gasteiger partial charge in [-0.05, 0) is 24.3 Å². The second kappa shape index (κ2) is 6.97. The lowest BCUT2D eigenvalue weighted by Gasteiger charge is -2.05. The van der Waals surface area contributed by atoms with E-state index in [0.29, 0.717) is 23.7 Å². The Kier molecular flexibility index (Phi) is 4.58. The molecule has 0 saturated carbocycles. The Labute approximate surface area is 136 Å². The minimum absolute atomic E-state index is 0.193. The van der Waals surface area contributed by atoms with Crippen molar-refractivity contribution < 1.29 is 9.59 Å². The fraction of sp³-hybridized carbons (Fsp3) is 0.125. The van der Waals surface area contributed by atoms with Crippen LogP contribution in [0.3, 0.4) is 0 Å². The van der Waals surface area contributed by atoms with Crippen LogP contribution < -0.4 is 10.6 Å². The molecule has 2 amide bonds. The molecule has 2 heterocycles. The summed E-state index contributed by atoms with van der Waals surface area (Å²) in [4.78, 5) is 32.0. The highest BCUT2D eigenvalue weighted by atomic mass is 32.1. The van der Waals surface area contributed by atoms with Gasteiger partial charge in [0, 0.05) is 31.0 Å². The first-order valence-electron chi connectivity index (χ1n) is 7.06. The number of aromatic nitrogens is 2. The van der Waals surface area contributed by atoms with Crippen molar-refractivity contribution >= 4 is 33.4 Å². The quantitative estimate of drug-likeness (QED) is 0.701. The van der Waals surface area contributed by atoms with Gasteiger partial charge in [-0.1, -0.05) is 12.1 Å². The van der Waals surface area contributed by atoms with E-state index in [1.54, 1.807) is 24.5 Å². The second-order valence-corrected chi connectivity index (χ2v) is 5.77. The van der Waals surface area contributed by atoms with Gasteiger partial charge in [0.25, 0.3) is 11.8 Å². The summed E-state index contributed by atoms with van der Waals surface area (Å²) in [5, 5.41) is 5.91. The summed E-state index contributed by atoms with van der Waals surface area (Å²) in [5.74, 6) is -0.425. The van der Waals surface area contributed by atoms with Crippen LogP contribution in [-0.2, 0) is 0 Å². The predicted octanol–water partition coefficient (Wildman–Crippen LogP) is 1.85. The molecule has 0 fully saturated rings. The molecule has 0 unspecified atom stereocenters. The third-order valence-electron chi connectivity index (χ3n) is 3.13. The minimum Gasteiger partial charge on any atom is -0.350 e. The summed E-state index contributed by atoms with van der Waals surface area (Å²) in [6, 6.07) is 10.9. The third-order valence-corrected chi connectivity index (χ3v) is 4.16. The van der Waals surface area contributed by atoms with Crippen molar-refractivity contribution in [1.82, 2.24) is 20.6 Å². The average Bonchev–Trinajstić information content (AvgIpc) is 3.03. The lowest BCUT2D eigenvalue weighted by atomic mass is 10.2. The van der Waals surface area contributed by atoms with Crippen molar-refractivity contribution in [3.8, 4) is 0 Å². The lowest BCUT2D eigenvalue weighted by Crippen LogP contribution is -2.34. The molecule has 0 bridgehead atoms. The molecule has 0 aliphatic heterocycles. The van der Waals surface area contributed by atoms with Crippen LogP contribution in [0, 0.1) is 0 Å². The first-order valence-corrected chi connectivity index (χ1v) is 7.88. The van der Waals surface area contributed by atoms with Gasteiger partial charge in [0.15, 0.2) is 5.01 Å². The molecular formula is C16H14N4O2S. The number of nitrogens with one attached hydrogen (secondary N) is 2. The number of nitrogens with zero attached hydrogens (tertiary/aromatic N) is 2. The van der Waals surface area contributed by atoms with Crippen LogP contribution >= 0.6 is 11.3 Å². The van der Waals surface area contributed by atoms with Crippen molar-refractivity contribution in [2.45, 2.75) is 0 Å². The van der Waals surface area contributed by atoms with Crippen LogP contribution in [0.15, 0.2) is 48.8 Å². The molecule has 0 atom stereocenters. The van der Waals surface area contributed by atoms with E-state index < -0.39 is 0 Å². The number of carbonyl (C=O) groups is 2. The van der Waals surface area contributed by atoms with E-state index in [1.165, 1.54) is 11.3 Å². The highest BCUT2D eigenvalue weighted by molar-refractivity contribution is 7.20. The van der Waals surface area contributed by atoms with Gasteiger partial charge in [-0.2, -0.15) is 0 Å². The van der Waals surface area contributed by atoms with Crippen molar-refractivity contribution in [3.63, 3.8) is 0 Å². The number of carbonyl (C=O) groups excluding carboxylic acids is 2. The van der Waals surface area contributed by atoms with E-state index in [1.807, 2.05) is 24.3 Å². The van der Waals surface area contributed by atoms with Gasteiger partial charge < -0.3 is 10.6 Å². The SMILES string of the molecule is O=C(NCCNC(=O)c1nc2ccccc2s1)c1ccncc1. The molecule has 0 spiro atoms. The lowest BCUT2D eigenvalue weighted by molar-refractivity contribution is 0.0927. The van der Waals surface area contributed by atoms with Gasteiger partial charge in [-0.25, -0.2) is 4.98 Å². The number of para-hydroxylation sites is 1. The van der Waals surface area contributed by atoms with Crippen LogP contribution in [0.5, 0.6) is 0 Å². The summed E-state index contributed by atoms with van der Waals surface area (Å²) < 4.78 is 0.976. The number of pyridine rings is 1. The Hall–Kier alpha value is -2.80. The normalized spacial score (nSPS) is 10.4. The number of benzene rings is 1. The van der Waals surface area contributed by atoms with Crippen LogP contribution in [-0.4, -0.2) is 34.9 Å². The van der Waals surface area contributed by atoms with Gasteiger partial charge in [0.1, 0.15) is 0 Å². The van der Waals surface area contributed by atoms with E-state index in [-0.39, 0.29) is 11.8 Å². The van der Waals surface area contributed by atoms with Crippen molar-refractivity contribution in [1.29, 1.82) is 0 Å². The summed E-state index contributed by atoms with van der Waals surface area (Å²) in [7, 11) is 0. The van der Waals surface area contributed by atoms with Gasteiger partial charge in [0.05, 0.1) is 10.2 Å². The fourth-order valence-electron chi connectivity index (χ4n) is 2.00. The molecule has 0 saturated heterocycles. The van der Waals surface area contributed by atoms with Gasteiger partial charge >= 0.3 is 0 Å². The maximum atomic E-state index is 12.0. The van der Waals surface area contributed by atoms with Crippen LogP contribution in [0.1, 0.15) is 20.2 Å². The van der Waals surface area contributed by atoms with Crippen LogP contribution in [0.25, 0.3) is 10.2 Å². The molecule has 0 radical (unpaired) electrons. The van der Waals surface area contributed by atoms with Crippen LogP contribution in [0.2, 0.25) is 0 Å². The number of hydrogen-bond acceptors (Lipinski definition) is 5. The Morgan fingerprint density at radius 3 is 2.39 bits per heavy atom. The van der Waals surface area contributed by atoms with E-state index in [0.717, 1.165) is 10.2 Å². The monoisotopic (exact) mass is 326 g/mol. The zero-order valence-corrected chi connectivity index (χ0v) is 13.0. The number of amides is 2. The van der Waals surface area contributed by atoms with Crippen molar-refractivity contribution in [3.05, 3.63) is 59.4 Å². The molecule has 0 aliphatic carbocycles. The largest absolute Gasteiger partial charge is 0.350 e. The van der Waals surface area contributed by atoms with Crippen LogP contribution in [0.4, 0.5) is 0 Å². The second-order valence-electron chi connectivity index (χ2n) is 4.73. The Balaban J connectivity index is 1.49. The molecule has 2 aromatic heterocycles. The number of fused-ring (bicyclic) bond motifs is 1. The first-order chi connectivity index (χ1) is 11.2. The Morgan fingerprint density at radius 2 is 1.65 bits per heavy atom. The first kappa shape index (κ1) is 15.1. The molecule has 6 nitrogen and oxygen atoms in total. The zero-order valence-electron chi connectivity index (χ0n) is 12.2. The molecule has 23 heavy (non-hydrogen) atoms. The summed E-state index contributed by atoms with van der Waals surface area (Å²) in [6.07, 6.45) is 3.12. The minimum atomic E-state index is -0.232. The molecule has 3 rings (SSSR count). The highest BCUT2D eigenvalue weighted by Crippen LogP contribution is 2.21. The zero-order chi connectivity index (χ0) is 16.1. The fourth-order valence-corrected chi connectivity index (χ4v) is 2.88. The number of thiazole rings is 1. The number of rotatable bonds is 5. The average molecular weight is 326 g/mol. The van der Waals surface area contributed by atoms with E-state index in [4.69, 9.17) is 0 Å². The highest BCUT2D eigenvalue weighted by Gasteiger charge is 2.11. The molecule has 7 heteroatoms. The Morgan fingerprint density at radius 1 is 0.957 bits per heavy atom. The van der Waals surface area contributed by atoms with Gasteiger partial charge in [0.2, 0.25) is 0 Å². The maximum absolute atomic E-state index is 12.0. The molecule has 3 aromatic rings. The van der Waals surface area contributed by atoms with E-state index >= 15 is 0 Å². The number of hydrogen-bond donors (Lipinski definition) is 2. The molecule has 1 aromatic carbocycles. The van der Waals surface area contributed by atoms with Gasteiger partial charge in [-0.15, -0.1) is 11.3 Å².